The number of anilines is 2. The number of carbonyl (C=O) groups excluding carboxylic acids is 1. The number of benzene rings is 1. The van der Waals surface area contributed by atoms with E-state index in [0.29, 0.717) is 36.3 Å². The normalized spacial score (nSPS) is 16.0. The highest BCUT2D eigenvalue weighted by Crippen LogP contribution is 2.33. The van der Waals surface area contributed by atoms with Crippen molar-refractivity contribution in [3.8, 4) is 0 Å². The zero-order valence-electron chi connectivity index (χ0n) is 17.5. The minimum Gasteiger partial charge on any atom is -0.404 e. The van der Waals surface area contributed by atoms with Gasteiger partial charge in [-0.25, -0.2) is 8.78 Å². The summed E-state index contributed by atoms with van der Waals surface area (Å²) in [6, 6.07) is 7.19. The van der Waals surface area contributed by atoms with Crippen molar-refractivity contribution in [1.29, 1.82) is 0 Å². The van der Waals surface area contributed by atoms with Crippen molar-refractivity contribution in [2.75, 3.05) is 30.4 Å². The fourth-order valence-electron chi connectivity index (χ4n) is 3.36. The van der Waals surface area contributed by atoms with Crippen LogP contribution in [0.3, 0.4) is 0 Å². The van der Waals surface area contributed by atoms with E-state index < -0.39 is 11.5 Å². The average Bonchev–Trinajstić information content (AvgIpc) is 2.75. The maximum Gasteiger partial charge on any atom is 0.248 e. The monoisotopic (exact) mass is 425 g/mol. The Bertz CT molecular complexity index is 1020. The Morgan fingerprint density at radius 3 is 2.65 bits per heavy atom. The second-order valence-electron chi connectivity index (χ2n) is 7.32. The summed E-state index contributed by atoms with van der Waals surface area (Å²) in [7, 11) is 1.55. The minimum absolute atomic E-state index is 0.210. The molecule has 0 radical (unpaired) electrons. The van der Waals surface area contributed by atoms with Gasteiger partial charge in [-0.2, -0.15) is 0 Å². The number of allylic oxidation sites excluding steroid dienone is 1. The molecule has 0 aliphatic carbocycles. The molecule has 6 nitrogen and oxygen atoms in total. The highest BCUT2D eigenvalue weighted by molar-refractivity contribution is 6.11. The number of halogens is 2. The van der Waals surface area contributed by atoms with Gasteiger partial charge in [-0.05, 0) is 36.8 Å². The van der Waals surface area contributed by atoms with Crippen LogP contribution in [0.25, 0.3) is 11.6 Å². The first kappa shape index (κ1) is 22.1. The van der Waals surface area contributed by atoms with Gasteiger partial charge in [0.05, 0.1) is 19.3 Å². The molecule has 0 atom stereocenters. The third kappa shape index (κ3) is 5.14. The molecule has 1 aromatic carbocycles. The first-order chi connectivity index (χ1) is 14.9. The van der Waals surface area contributed by atoms with Crippen LogP contribution in [-0.2, 0) is 4.79 Å². The number of nitrogens with two attached hydrogens (primary N) is 1. The van der Waals surface area contributed by atoms with Crippen molar-refractivity contribution in [2.45, 2.75) is 19.0 Å². The number of nitrogens with zero attached hydrogens (tertiary/aromatic N) is 3. The van der Waals surface area contributed by atoms with Gasteiger partial charge in [0.1, 0.15) is 11.5 Å². The number of amides is 1. The summed E-state index contributed by atoms with van der Waals surface area (Å²) in [5.41, 5.74) is 6.97. The molecule has 1 amide bonds. The lowest BCUT2D eigenvalue weighted by molar-refractivity contribution is -0.111. The number of hydrogen-bond acceptors (Lipinski definition) is 5. The molecular weight excluding hydrogens is 400 g/mol. The summed E-state index contributed by atoms with van der Waals surface area (Å²) in [5, 5.41) is 2.75. The highest BCUT2D eigenvalue weighted by atomic mass is 19.1. The van der Waals surface area contributed by atoms with E-state index in [1.54, 1.807) is 19.2 Å². The molecule has 3 N–H and O–H groups in total. The van der Waals surface area contributed by atoms with Crippen LogP contribution in [-0.4, -0.2) is 42.9 Å². The van der Waals surface area contributed by atoms with Crippen LogP contribution in [0.2, 0.25) is 0 Å². The molecule has 2 heterocycles. The summed E-state index contributed by atoms with van der Waals surface area (Å²) in [4.78, 5) is 22.0. The molecule has 8 heteroatoms. The van der Waals surface area contributed by atoms with Gasteiger partial charge in [-0.3, -0.25) is 14.8 Å². The van der Waals surface area contributed by atoms with Crippen LogP contribution in [0, 0.1) is 5.82 Å². The van der Waals surface area contributed by atoms with Crippen molar-refractivity contribution >= 4 is 35.1 Å². The molecule has 162 valence electrons. The highest BCUT2D eigenvalue weighted by Gasteiger charge is 2.41. The van der Waals surface area contributed by atoms with E-state index in [0.717, 1.165) is 11.9 Å². The number of nitrogens with one attached hydrogen (secondary N) is 1. The number of alkyl halides is 1. The van der Waals surface area contributed by atoms with E-state index in [2.05, 4.69) is 15.3 Å². The number of pyridine rings is 1. The smallest absolute Gasteiger partial charge is 0.248 e. The number of aliphatic imine (C=N–C) groups is 1. The fourth-order valence-corrected chi connectivity index (χ4v) is 3.36. The van der Waals surface area contributed by atoms with Crippen molar-refractivity contribution < 1.29 is 13.6 Å². The van der Waals surface area contributed by atoms with Crippen LogP contribution in [0.5, 0.6) is 0 Å². The van der Waals surface area contributed by atoms with E-state index in [-0.39, 0.29) is 11.5 Å². The SMILES string of the molecule is CCC1(F)CN(c2ccc(NC(=O)/C=C/c3cncc(F)c3C(C=NC)=CN)cc2)C1. The molecule has 31 heavy (non-hydrogen) atoms. The summed E-state index contributed by atoms with van der Waals surface area (Å²) in [5.74, 6) is -0.954. The molecule has 0 unspecified atom stereocenters. The maximum absolute atomic E-state index is 14.3. The maximum atomic E-state index is 14.3. The van der Waals surface area contributed by atoms with Gasteiger partial charge in [0.25, 0.3) is 0 Å². The van der Waals surface area contributed by atoms with E-state index >= 15 is 0 Å². The van der Waals surface area contributed by atoms with Gasteiger partial charge in [-0.1, -0.05) is 6.92 Å². The first-order valence-electron chi connectivity index (χ1n) is 9.90. The van der Waals surface area contributed by atoms with E-state index in [9.17, 15) is 13.6 Å². The van der Waals surface area contributed by atoms with Gasteiger partial charge in [0, 0.05) is 59.8 Å². The van der Waals surface area contributed by atoms with E-state index in [1.807, 2.05) is 24.0 Å². The lowest BCUT2D eigenvalue weighted by Crippen LogP contribution is -2.58. The van der Waals surface area contributed by atoms with Crippen LogP contribution >= 0.6 is 0 Å². The van der Waals surface area contributed by atoms with Crippen LogP contribution < -0.4 is 16.0 Å². The van der Waals surface area contributed by atoms with Gasteiger partial charge in [-0.15, -0.1) is 0 Å². The lowest BCUT2D eigenvalue weighted by atomic mass is 9.93. The molecule has 1 fully saturated rings. The summed E-state index contributed by atoms with van der Waals surface area (Å²) < 4.78 is 28.4. The van der Waals surface area contributed by atoms with Crippen molar-refractivity contribution in [1.82, 2.24) is 4.98 Å². The summed E-state index contributed by atoms with van der Waals surface area (Å²) >= 11 is 0. The van der Waals surface area contributed by atoms with E-state index in [1.165, 1.54) is 30.8 Å². The van der Waals surface area contributed by atoms with Gasteiger partial charge < -0.3 is 16.0 Å². The molecule has 2 aromatic rings. The van der Waals surface area contributed by atoms with Gasteiger partial charge in [0.2, 0.25) is 5.91 Å². The van der Waals surface area contributed by atoms with Crippen LogP contribution in [0.15, 0.2) is 53.9 Å². The summed E-state index contributed by atoms with van der Waals surface area (Å²) in [6.07, 6.45) is 8.46. The third-order valence-electron chi connectivity index (χ3n) is 5.16. The average molecular weight is 425 g/mol. The first-order valence-corrected chi connectivity index (χ1v) is 9.90. The molecule has 0 saturated carbocycles. The standard InChI is InChI=1S/C23H25F2N5O/c1-3-23(25)14-30(15-23)19-7-5-18(6-8-19)29-21(31)9-4-16-12-28-13-20(24)22(16)17(10-26)11-27-2/h4-13H,3,14-15,26H2,1-2H3,(H,29,31)/b9-4+,17-10?,27-11?. The molecule has 3 rings (SSSR count). The van der Waals surface area contributed by atoms with Crippen LogP contribution in [0.1, 0.15) is 24.5 Å². The zero-order valence-corrected chi connectivity index (χ0v) is 17.5. The Balaban J connectivity index is 1.67. The Labute approximate surface area is 180 Å². The Morgan fingerprint density at radius 1 is 1.32 bits per heavy atom. The fraction of sp³-hybridized carbons (Fsp3) is 0.261. The third-order valence-corrected chi connectivity index (χ3v) is 5.16. The topological polar surface area (TPSA) is 83.6 Å². The zero-order chi connectivity index (χ0) is 22.4. The van der Waals surface area contributed by atoms with Gasteiger partial charge >= 0.3 is 0 Å². The number of aromatic nitrogens is 1. The van der Waals surface area contributed by atoms with Crippen molar-refractivity contribution in [2.24, 2.45) is 10.7 Å². The molecule has 1 aliphatic rings. The molecule has 1 aliphatic heterocycles. The number of hydrogen-bond donors (Lipinski definition) is 2. The molecule has 1 saturated heterocycles. The van der Waals surface area contributed by atoms with Crippen LogP contribution in [0.4, 0.5) is 20.2 Å². The molecule has 0 bridgehead atoms. The Hall–Kier alpha value is -3.55. The van der Waals surface area contributed by atoms with Gasteiger partial charge in [0.15, 0.2) is 0 Å². The second kappa shape index (κ2) is 9.51. The molecular formula is C23H25F2N5O. The summed E-state index contributed by atoms with van der Waals surface area (Å²) in [6.45, 7) is 2.60. The Morgan fingerprint density at radius 2 is 2.03 bits per heavy atom. The largest absolute Gasteiger partial charge is 0.404 e. The van der Waals surface area contributed by atoms with Crippen molar-refractivity contribution in [3.63, 3.8) is 0 Å². The quantitative estimate of drug-likeness (QED) is 0.522. The lowest BCUT2D eigenvalue weighted by Gasteiger charge is -2.45. The number of carbonyl (C=O) groups is 1. The predicted octanol–water partition coefficient (Wildman–Crippen LogP) is 3.81. The van der Waals surface area contributed by atoms with E-state index in [4.69, 9.17) is 5.73 Å². The Kier molecular flexibility index (Phi) is 6.79. The number of rotatable bonds is 7. The molecule has 1 aromatic heterocycles. The minimum atomic E-state index is -1.11. The predicted molar refractivity (Wildman–Crippen MR) is 121 cm³/mol. The van der Waals surface area contributed by atoms with Crippen molar-refractivity contribution in [3.05, 3.63) is 65.9 Å². The second-order valence-corrected chi connectivity index (χ2v) is 7.32. The molecule has 0 spiro atoms.